The Kier molecular flexibility index (Phi) is 4.66. The van der Waals surface area contributed by atoms with Crippen LogP contribution >= 0.6 is 26.6 Å². The van der Waals surface area contributed by atoms with Gasteiger partial charge in [-0.15, -0.1) is 0 Å². The van der Waals surface area contributed by atoms with Gasteiger partial charge in [-0.25, -0.2) is 12.8 Å². The maximum atomic E-state index is 13.8. The van der Waals surface area contributed by atoms with Gasteiger partial charge in [-0.05, 0) is 53.7 Å². The Morgan fingerprint density at radius 1 is 1.48 bits per heavy atom. The van der Waals surface area contributed by atoms with Gasteiger partial charge < -0.3 is 5.32 Å². The summed E-state index contributed by atoms with van der Waals surface area (Å²) < 4.78 is 36.4. The van der Waals surface area contributed by atoms with Crippen molar-refractivity contribution in [3.8, 4) is 0 Å². The summed E-state index contributed by atoms with van der Waals surface area (Å²) in [5.41, 5.74) is -0.324. The zero-order valence-corrected chi connectivity index (χ0v) is 14.4. The first-order valence-corrected chi connectivity index (χ1v) is 9.55. The molecule has 1 fully saturated rings. The zero-order valence-electron chi connectivity index (χ0n) is 11.3. The lowest BCUT2D eigenvalue weighted by Crippen LogP contribution is -2.53. The summed E-state index contributed by atoms with van der Waals surface area (Å²) in [6.45, 7) is 1.97. The molecule has 0 aliphatic heterocycles. The van der Waals surface area contributed by atoms with Gasteiger partial charge in [0.15, 0.2) is 0 Å². The topological polar surface area (TPSA) is 63.2 Å². The molecule has 0 saturated heterocycles. The summed E-state index contributed by atoms with van der Waals surface area (Å²) in [6.07, 6.45) is 3.55. The minimum absolute atomic E-state index is 0.0605. The molecular weight excluding hydrogens is 385 g/mol. The molecule has 1 aromatic rings. The molecule has 4 nitrogen and oxygen atoms in total. The smallest absolute Gasteiger partial charge is 0.262 e. The minimum Gasteiger partial charge on any atom is -0.347 e. The first-order chi connectivity index (χ1) is 9.68. The zero-order chi connectivity index (χ0) is 15.8. The Labute approximate surface area is 135 Å². The molecule has 0 heterocycles. The Bertz CT molecular complexity index is 683. The number of amides is 1. The molecule has 0 atom stereocenters. The SMILES string of the molecule is CCC1(NC(=O)c2cc(F)c(Br)c(S(=O)(=O)Cl)c2)CCC1. The normalized spacial score (nSPS) is 17.1. The second kappa shape index (κ2) is 5.85. The fraction of sp³-hybridized carbons (Fsp3) is 0.462. The molecule has 1 saturated carbocycles. The van der Waals surface area contributed by atoms with Gasteiger partial charge in [0.25, 0.3) is 15.0 Å². The number of rotatable bonds is 4. The predicted octanol–water partition coefficient (Wildman–Crippen LogP) is 3.58. The minimum atomic E-state index is -4.15. The van der Waals surface area contributed by atoms with E-state index in [1.165, 1.54) is 0 Å². The average molecular weight is 399 g/mol. The molecule has 1 N–H and O–H groups in total. The molecule has 1 aliphatic rings. The third-order valence-electron chi connectivity index (χ3n) is 3.89. The van der Waals surface area contributed by atoms with Gasteiger partial charge >= 0.3 is 0 Å². The number of hydrogen-bond donors (Lipinski definition) is 1. The quantitative estimate of drug-likeness (QED) is 0.789. The number of halogens is 3. The summed E-state index contributed by atoms with van der Waals surface area (Å²) in [7, 11) is 1.11. The lowest BCUT2D eigenvalue weighted by Gasteiger charge is -2.42. The molecular formula is C13H14BrClFNO3S. The van der Waals surface area contributed by atoms with Crippen molar-refractivity contribution in [2.75, 3.05) is 0 Å². The molecule has 0 radical (unpaired) electrons. The third kappa shape index (κ3) is 3.40. The van der Waals surface area contributed by atoms with E-state index in [4.69, 9.17) is 10.7 Å². The molecule has 21 heavy (non-hydrogen) atoms. The number of carbonyl (C=O) groups excluding carboxylic acids is 1. The van der Waals surface area contributed by atoms with Crippen molar-refractivity contribution < 1.29 is 17.6 Å². The van der Waals surface area contributed by atoms with E-state index in [0.29, 0.717) is 0 Å². The molecule has 8 heteroatoms. The number of carbonyl (C=O) groups is 1. The largest absolute Gasteiger partial charge is 0.347 e. The first kappa shape index (κ1) is 16.7. The van der Waals surface area contributed by atoms with Crippen LogP contribution in [0.25, 0.3) is 0 Å². The van der Waals surface area contributed by atoms with Crippen LogP contribution < -0.4 is 5.32 Å². The van der Waals surface area contributed by atoms with E-state index in [2.05, 4.69) is 21.2 Å². The molecule has 0 unspecified atom stereocenters. The van der Waals surface area contributed by atoms with Gasteiger partial charge in [-0.3, -0.25) is 4.79 Å². The number of benzene rings is 1. The highest BCUT2D eigenvalue weighted by molar-refractivity contribution is 9.10. The monoisotopic (exact) mass is 397 g/mol. The van der Waals surface area contributed by atoms with Gasteiger partial charge in [0.2, 0.25) is 0 Å². The standard InChI is InChI=1S/C13H14BrClFNO3S/c1-2-13(4-3-5-13)17-12(18)8-6-9(16)11(14)10(7-8)21(15,19)20/h6-7H,2-5H2,1H3,(H,17,18). The number of nitrogens with one attached hydrogen (secondary N) is 1. The van der Waals surface area contributed by atoms with E-state index in [1.54, 1.807) is 0 Å². The van der Waals surface area contributed by atoms with Crippen LogP contribution in [0.1, 0.15) is 43.0 Å². The van der Waals surface area contributed by atoms with Gasteiger partial charge in [-0.2, -0.15) is 0 Å². The van der Waals surface area contributed by atoms with Gasteiger partial charge in [0.1, 0.15) is 10.7 Å². The Morgan fingerprint density at radius 2 is 2.10 bits per heavy atom. The first-order valence-electron chi connectivity index (χ1n) is 6.45. The molecule has 1 amide bonds. The molecule has 1 aliphatic carbocycles. The predicted molar refractivity (Wildman–Crippen MR) is 81.5 cm³/mol. The van der Waals surface area contributed by atoms with Gasteiger partial charge in [0, 0.05) is 21.8 Å². The van der Waals surface area contributed by atoms with Crippen LogP contribution in [0.3, 0.4) is 0 Å². The lowest BCUT2D eigenvalue weighted by molar-refractivity contribution is 0.0819. The molecule has 0 aromatic heterocycles. The van der Waals surface area contributed by atoms with Crippen LogP contribution in [0.15, 0.2) is 21.5 Å². The van der Waals surface area contributed by atoms with Crippen molar-refractivity contribution in [3.63, 3.8) is 0 Å². The fourth-order valence-electron chi connectivity index (χ4n) is 2.36. The maximum absolute atomic E-state index is 13.8. The van der Waals surface area contributed by atoms with Crippen LogP contribution in [0, 0.1) is 5.82 Å². The van der Waals surface area contributed by atoms with Gasteiger partial charge in [-0.1, -0.05) is 6.92 Å². The van der Waals surface area contributed by atoms with E-state index in [-0.39, 0.29) is 15.6 Å². The molecule has 0 bridgehead atoms. The van der Waals surface area contributed by atoms with Crippen molar-refractivity contribution >= 4 is 41.6 Å². The summed E-state index contributed by atoms with van der Waals surface area (Å²) in [4.78, 5) is 11.8. The van der Waals surface area contributed by atoms with E-state index in [0.717, 1.165) is 37.8 Å². The van der Waals surface area contributed by atoms with Crippen LogP contribution in [0.2, 0.25) is 0 Å². The Balaban J connectivity index is 2.36. The number of hydrogen-bond acceptors (Lipinski definition) is 3. The third-order valence-corrected chi connectivity index (χ3v) is 6.30. The average Bonchev–Trinajstić information content (AvgIpc) is 2.35. The van der Waals surface area contributed by atoms with E-state index >= 15 is 0 Å². The summed E-state index contributed by atoms with van der Waals surface area (Å²) in [6, 6.07) is 2.07. The maximum Gasteiger partial charge on any atom is 0.262 e. The summed E-state index contributed by atoms with van der Waals surface area (Å²) in [5.74, 6) is -1.34. The second-order valence-corrected chi connectivity index (χ2v) is 8.48. The summed E-state index contributed by atoms with van der Waals surface area (Å²) >= 11 is 2.83. The summed E-state index contributed by atoms with van der Waals surface area (Å²) in [5, 5.41) is 2.86. The van der Waals surface area contributed by atoms with E-state index in [9.17, 15) is 17.6 Å². The van der Waals surface area contributed by atoms with Crippen LogP contribution in [0.4, 0.5) is 4.39 Å². The Hall–Kier alpha value is -0.660. The van der Waals surface area contributed by atoms with Crippen molar-refractivity contribution in [3.05, 3.63) is 28.0 Å². The van der Waals surface area contributed by atoms with Crippen LogP contribution in [-0.4, -0.2) is 19.9 Å². The van der Waals surface area contributed by atoms with Crippen LogP contribution in [-0.2, 0) is 9.05 Å². The lowest BCUT2D eigenvalue weighted by atomic mass is 9.74. The highest BCUT2D eigenvalue weighted by atomic mass is 79.9. The highest BCUT2D eigenvalue weighted by Gasteiger charge is 2.37. The van der Waals surface area contributed by atoms with Crippen molar-refractivity contribution in [2.45, 2.75) is 43.0 Å². The van der Waals surface area contributed by atoms with Crippen molar-refractivity contribution in [1.82, 2.24) is 5.32 Å². The van der Waals surface area contributed by atoms with E-state index < -0.39 is 25.7 Å². The molecule has 116 valence electrons. The Morgan fingerprint density at radius 3 is 2.52 bits per heavy atom. The van der Waals surface area contributed by atoms with Crippen molar-refractivity contribution in [1.29, 1.82) is 0 Å². The highest BCUT2D eigenvalue weighted by Crippen LogP contribution is 2.35. The van der Waals surface area contributed by atoms with Gasteiger partial charge in [0.05, 0.1) is 4.47 Å². The fourth-order valence-corrected chi connectivity index (χ4v) is 4.45. The van der Waals surface area contributed by atoms with Crippen LogP contribution in [0.5, 0.6) is 0 Å². The van der Waals surface area contributed by atoms with E-state index in [1.807, 2.05) is 6.92 Å². The molecule has 0 spiro atoms. The van der Waals surface area contributed by atoms with Crippen molar-refractivity contribution in [2.24, 2.45) is 0 Å². The molecule has 1 aromatic carbocycles. The molecule has 2 rings (SSSR count). The second-order valence-electron chi connectivity index (χ2n) is 5.15.